The molecule has 138 valence electrons. The van der Waals surface area contributed by atoms with Gasteiger partial charge in [-0.15, -0.1) is 0 Å². The Morgan fingerprint density at radius 3 is 1.52 bits per heavy atom. The molecular formula is C25H27NO. The summed E-state index contributed by atoms with van der Waals surface area (Å²) in [5.41, 5.74) is 4.63. The molecule has 0 spiro atoms. The molecule has 0 heterocycles. The standard InChI is InChI=1S/C25H27NO/c1-21(20-27)25(17-22-11-5-2-6-12-22)26(18-23-13-7-3-8-14-23)19-24-15-9-4-10-16-24/h2-16,25,27H,1,17-20H2/t25-/m0/s1. The van der Waals surface area contributed by atoms with Gasteiger partial charge in [0.2, 0.25) is 0 Å². The highest BCUT2D eigenvalue weighted by molar-refractivity contribution is 5.23. The van der Waals surface area contributed by atoms with E-state index in [4.69, 9.17) is 0 Å². The Bertz CT molecular complexity index is 773. The average Bonchev–Trinajstić information content (AvgIpc) is 2.73. The zero-order valence-corrected chi connectivity index (χ0v) is 15.7. The van der Waals surface area contributed by atoms with Crippen molar-refractivity contribution < 1.29 is 5.11 Å². The van der Waals surface area contributed by atoms with E-state index in [0.717, 1.165) is 25.1 Å². The molecule has 0 aliphatic carbocycles. The van der Waals surface area contributed by atoms with Crippen molar-refractivity contribution >= 4 is 0 Å². The fourth-order valence-electron chi connectivity index (χ4n) is 3.39. The first-order valence-corrected chi connectivity index (χ1v) is 9.40. The van der Waals surface area contributed by atoms with Crippen molar-refractivity contribution in [3.63, 3.8) is 0 Å². The Balaban J connectivity index is 1.89. The Labute approximate surface area is 162 Å². The van der Waals surface area contributed by atoms with Crippen molar-refractivity contribution in [2.24, 2.45) is 0 Å². The average molecular weight is 357 g/mol. The van der Waals surface area contributed by atoms with Gasteiger partial charge in [0, 0.05) is 19.1 Å². The van der Waals surface area contributed by atoms with Crippen molar-refractivity contribution in [1.29, 1.82) is 0 Å². The maximum absolute atomic E-state index is 9.84. The summed E-state index contributed by atoms with van der Waals surface area (Å²) in [6.45, 7) is 5.80. The third-order valence-electron chi connectivity index (χ3n) is 4.84. The first kappa shape index (κ1) is 19.1. The molecule has 0 unspecified atom stereocenters. The minimum absolute atomic E-state index is 0.00240. The van der Waals surface area contributed by atoms with Crippen LogP contribution in [0, 0.1) is 0 Å². The molecular weight excluding hydrogens is 330 g/mol. The number of aliphatic hydroxyl groups is 1. The van der Waals surface area contributed by atoms with Crippen LogP contribution in [0.25, 0.3) is 0 Å². The zero-order chi connectivity index (χ0) is 18.9. The van der Waals surface area contributed by atoms with Crippen LogP contribution in [0.15, 0.2) is 103 Å². The molecule has 0 saturated heterocycles. The third kappa shape index (κ3) is 5.65. The summed E-state index contributed by atoms with van der Waals surface area (Å²) in [5, 5.41) is 9.84. The van der Waals surface area contributed by atoms with Crippen LogP contribution in [0.3, 0.4) is 0 Å². The van der Waals surface area contributed by atoms with E-state index in [1.165, 1.54) is 16.7 Å². The Morgan fingerprint density at radius 2 is 1.11 bits per heavy atom. The van der Waals surface area contributed by atoms with Crippen molar-refractivity contribution in [2.45, 2.75) is 25.6 Å². The van der Waals surface area contributed by atoms with E-state index in [1.54, 1.807) is 0 Å². The summed E-state index contributed by atoms with van der Waals surface area (Å²) in [4.78, 5) is 2.41. The highest BCUT2D eigenvalue weighted by Gasteiger charge is 2.22. The summed E-state index contributed by atoms with van der Waals surface area (Å²) in [7, 11) is 0. The summed E-state index contributed by atoms with van der Waals surface area (Å²) >= 11 is 0. The van der Waals surface area contributed by atoms with E-state index < -0.39 is 0 Å². The minimum Gasteiger partial charge on any atom is -0.392 e. The van der Waals surface area contributed by atoms with E-state index in [9.17, 15) is 5.11 Å². The normalized spacial score (nSPS) is 12.1. The Morgan fingerprint density at radius 1 is 0.704 bits per heavy atom. The summed E-state index contributed by atoms with van der Waals surface area (Å²) < 4.78 is 0. The van der Waals surface area contributed by atoms with Crippen LogP contribution < -0.4 is 0 Å². The van der Waals surface area contributed by atoms with Gasteiger partial charge in [0.05, 0.1) is 6.61 Å². The van der Waals surface area contributed by atoms with Crippen LogP contribution in [-0.2, 0) is 19.5 Å². The molecule has 3 aromatic carbocycles. The van der Waals surface area contributed by atoms with Crippen molar-refractivity contribution in [2.75, 3.05) is 6.61 Å². The summed E-state index contributed by atoms with van der Waals surface area (Å²) in [6.07, 6.45) is 0.833. The zero-order valence-electron chi connectivity index (χ0n) is 15.7. The van der Waals surface area contributed by atoms with Gasteiger partial charge in [-0.3, -0.25) is 4.90 Å². The lowest BCUT2D eigenvalue weighted by Gasteiger charge is -2.33. The summed E-state index contributed by atoms with van der Waals surface area (Å²) in [5.74, 6) is 0. The van der Waals surface area contributed by atoms with Crippen LogP contribution in [0.4, 0.5) is 0 Å². The number of hydrogen-bond acceptors (Lipinski definition) is 2. The van der Waals surface area contributed by atoms with Gasteiger partial charge in [-0.25, -0.2) is 0 Å². The largest absolute Gasteiger partial charge is 0.392 e. The fourth-order valence-corrected chi connectivity index (χ4v) is 3.39. The molecule has 2 heteroatoms. The first-order valence-electron chi connectivity index (χ1n) is 9.40. The smallest absolute Gasteiger partial charge is 0.0654 e. The second-order valence-corrected chi connectivity index (χ2v) is 6.90. The van der Waals surface area contributed by atoms with Gasteiger partial charge in [0.15, 0.2) is 0 Å². The molecule has 2 nitrogen and oxygen atoms in total. The first-order chi connectivity index (χ1) is 13.3. The van der Waals surface area contributed by atoms with E-state index in [-0.39, 0.29) is 12.6 Å². The molecule has 0 aromatic heterocycles. The van der Waals surface area contributed by atoms with Crippen LogP contribution in [0.5, 0.6) is 0 Å². The minimum atomic E-state index is -0.00240. The Hall–Kier alpha value is -2.68. The van der Waals surface area contributed by atoms with Crippen molar-refractivity contribution in [3.05, 3.63) is 120 Å². The Kier molecular flexibility index (Phi) is 6.97. The van der Waals surface area contributed by atoms with Crippen LogP contribution >= 0.6 is 0 Å². The summed E-state index contributed by atoms with van der Waals surface area (Å²) in [6, 6.07) is 31.5. The molecule has 0 radical (unpaired) electrons. The fraction of sp³-hybridized carbons (Fsp3) is 0.200. The van der Waals surface area contributed by atoms with Crippen LogP contribution in [-0.4, -0.2) is 22.7 Å². The molecule has 0 aliphatic heterocycles. The van der Waals surface area contributed by atoms with Gasteiger partial charge in [0.1, 0.15) is 0 Å². The van der Waals surface area contributed by atoms with Gasteiger partial charge in [-0.05, 0) is 28.7 Å². The van der Waals surface area contributed by atoms with Gasteiger partial charge in [-0.1, -0.05) is 97.6 Å². The second kappa shape index (κ2) is 9.86. The SMILES string of the molecule is C=C(CO)[C@H](Cc1ccccc1)N(Cc1ccccc1)Cc1ccccc1. The number of nitrogens with zero attached hydrogens (tertiary/aromatic N) is 1. The van der Waals surface area contributed by atoms with Crippen LogP contribution in [0.1, 0.15) is 16.7 Å². The molecule has 3 rings (SSSR count). The van der Waals surface area contributed by atoms with Crippen LogP contribution in [0.2, 0.25) is 0 Å². The molecule has 0 bridgehead atoms. The van der Waals surface area contributed by atoms with Gasteiger partial charge in [-0.2, -0.15) is 0 Å². The highest BCUT2D eigenvalue weighted by Crippen LogP contribution is 2.21. The number of aliphatic hydroxyl groups excluding tert-OH is 1. The van der Waals surface area contributed by atoms with Gasteiger partial charge >= 0.3 is 0 Å². The van der Waals surface area contributed by atoms with E-state index in [2.05, 4.69) is 84.3 Å². The van der Waals surface area contributed by atoms with Gasteiger partial charge < -0.3 is 5.11 Å². The van der Waals surface area contributed by atoms with E-state index in [0.29, 0.717) is 0 Å². The lowest BCUT2D eigenvalue weighted by molar-refractivity contribution is 0.184. The number of benzene rings is 3. The molecule has 1 N–H and O–H groups in total. The molecule has 27 heavy (non-hydrogen) atoms. The topological polar surface area (TPSA) is 23.5 Å². The van der Waals surface area contributed by atoms with Gasteiger partial charge in [0.25, 0.3) is 0 Å². The lowest BCUT2D eigenvalue weighted by Crippen LogP contribution is -2.38. The highest BCUT2D eigenvalue weighted by atomic mass is 16.3. The molecule has 0 aliphatic rings. The number of hydrogen-bond donors (Lipinski definition) is 1. The number of rotatable bonds is 9. The molecule has 0 fully saturated rings. The third-order valence-corrected chi connectivity index (χ3v) is 4.84. The predicted molar refractivity (Wildman–Crippen MR) is 112 cm³/mol. The maximum Gasteiger partial charge on any atom is 0.0654 e. The maximum atomic E-state index is 9.84. The second-order valence-electron chi connectivity index (χ2n) is 6.90. The monoisotopic (exact) mass is 357 g/mol. The van der Waals surface area contributed by atoms with Crippen molar-refractivity contribution in [3.8, 4) is 0 Å². The van der Waals surface area contributed by atoms with E-state index >= 15 is 0 Å². The molecule has 0 saturated carbocycles. The molecule has 3 aromatic rings. The lowest BCUT2D eigenvalue weighted by atomic mass is 9.97. The van der Waals surface area contributed by atoms with Crippen molar-refractivity contribution in [1.82, 2.24) is 4.90 Å². The van der Waals surface area contributed by atoms with E-state index in [1.807, 2.05) is 18.2 Å². The predicted octanol–water partition coefficient (Wildman–Crippen LogP) is 4.85. The quantitative estimate of drug-likeness (QED) is 0.554. The molecule has 0 amide bonds. The molecule has 1 atom stereocenters.